The van der Waals surface area contributed by atoms with Crippen LogP contribution in [0.15, 0.2) is 4.99 Å². The zero-order valence-electron chi connectivity index (χ0n) is 8.28. The van der Waals surface area contributed by atoms with E-state index in [-0.39, 0.29) is 11.7 Å². The van der Waals surface area contributed by atoms with Crippen molar-refractivity contribution in [3.05, 3.63) is 0 Å². The summed E-state index contributed by atoms with van der Waals surface area (Å²) < 4.78 is 0. The summed E-state index contributed by atoms with van der Waals surface area (Å²) in [6.07, 6.45) is 0.114. The fourth-order valence-electron chi connectivity index (χ4n) is 0.731. The van der Waals surface area contributed by atoms with Gasteiger partial charge >= 0.3 is 0 Å². The van der Waals surface area contributed by atoms with Gasteiger partial charge in [-0.3, -0.25) is 14.6 Å². The van der Waals surface area contributed by atoms with Gasteiger partial charge in [0.1, 0.15) is 0 Å². The summed E-state index contributed by atoms with van der Waals surface area (Å²) in [5.41, 5.74) is 5.36. The second-order valence-corrected chi connectivity index (χ2v) is 3.56. The van der Waals surface area contributed by atoms with Crippen LogP contribution in [0.1, 0.15) is 13.3 Å². The molecule has 1 unspecified atom stereocenters. The fraction of sp³-hybridized carbons (Fsp3) is 0.625. The molecule has 0 radical (unpaired) electrons. The molecule has 0 aromatic carbocycles. The summed E-state index contributed by atoms with van der Waals surface area (Å²) >= 11 is 4.13. The quantitative estimate of drug-likeness (QED) is 0.248. The Hall–Kier alpha value is -1.04. The van der Waals surface area contributed by atoms with Gasteiger partial charge < -0.3 is 11.1 Å². The van der Waals surface area contributed by atoms with Crippen molar-refractivity contribution in [1.82, 2.24) is 5.32 Å². The minimum absolute atomic E-state index is 0.114. The molecule has 0 heterocycles. The van der Waals surface area contributed by atoms with E-state index >= 15 is 0 Å². The molecule has 0 bridgehead atoms. The summed E-state index contributed by atoms with van der Waals surface area (Å²) in [5, 5.41) is 2.53. The van der Waals surface area contributed by atoms with E-state index in [2.05, 4.69) is 22.9 Å². The number of carbonyl (C=O) groups excluding carboxylic acids is 2. The van der Waals surface area contributed by atoms with E-state index in [1.165, 1.54) is 6.92 Å². The predicted octanol–water partition coefficient (Wildman–Crippen LogP) is -0.633. The highest BCUT2D eigenvalue weighted by atomic mass is 32.1. The molecule has 0 saturated heterocycles. The lowest BCUT2D eigenvalue weighted by Gasteiger charge is -2.10. The monoisotopic (exact) mass is 217 g/mol. The first-order valence-corrected chi connectivity index (χ1v) is 4.67. The van der Waals surface area contributed by atoms with Crippen molar-refractivity contribution in [3.8, 4) is 0 Å². The number of thiol groups is 1. The maximum absolute atomic E-state index is 11.0. The van der Waals surface area contributed by atoms with Gasteiger partial charge in [-0.05, 0) is 0 Å². The Morgan fingerprint density at radius 2 is 2.14 bits per heavy atom. The van der Waals surface area contributed by atoms with Gasteiger partial charge in [0.15, 0.2) is 17.5 Å². The summed E-state index contributed by atoms with van der Waals surface area (Å²) in [4.78, 5) is 25.3. The molecule has 0 saturated carbocycles. The highest BCUT2D eigenvalue weighted by molar-refractivity contribution is 7.81. The van der Waals surface area contributed by atoms with Crippen LogP contribution < -0.4 is 11.1 Å². The van der Waals surface area contributed by atoms with Crippen LogP contribution in [0.5, 0.6) is 0 Å². The number of aliphatic imine (C=N–C) groups is 1. The van der Waals surface area contributed by atoms with Gasteiger partial charge in [0.25, 0.3) is 0 Å². The van der Waals surface area contributed by atoms with E-state index in [9.17, 15) is 9.59 Å². The Bertz CT molecular complexity index is 253. The molecule has 0 aliphatic heterocycles. The molecule has 0 aromatic heterocycles. The standard InChI is InChI=1S/C8H15N3O2S/c1-5(12)7(13)3-6(14)4-11-8(9)10-2/h6,14H,3-4H2,1-2H3,(H3,9,10,11). The van der Waals surface area contributed by atoms with Gasteiger partial charge in [-0.1, -0.05) is 0 Å². The lowest BCUT2D eigenvalue weighted by molar-refractivity contribution is -0.135. The summed E-state index contributed by atoms with van der Waals surface area (Å²) in [6.45, 7) is 1.66. The first-order valence-electron chi connectivity index (χ1n) is 4.15. The predicted molar refractivity (Wildman–Crippen MR) is 58.6 cm³/mol. The Kier molecular flexibility index (Phi) is 5.94. The number of carbonyl (C=O) groups is 2. The third-order valence-electron chi connectivity index (χ3n) is 1.57. The number of nitrogens with one attached hydrogen (secondary N) is 1. The molecule has 5 nitrogen and oxygen atoms in total. The topological polar surface area (TPSA) is 84.5 Å². The second-order valence-electron chi connectivity index (χ2n) is 2.83. The van der Waals surface area contributed by atoms with Gasteiger partial charge in [-0.25, -0.2) is 0 Å². The average Bonchev–Trinajstić information content (AvgIpc) is 2.13. The highest BCUT2D eigenvalue weighted by Gasteiger charge is 2.13. The van der Waals surface area contributed by atoms with Crippen LogP contribution in [0.3, 0.4) is 0 Å². The molecule has 3 N–H and O–H groups in total. The van der Waals surface area contributed by atoms with E-state index in [4.69, 9.17) is 5.73 Å². The molecule has 14 heavy (non-hydrogen) atoms. The van der Waals surface area contributed by atoms with Crippen LogP contribution in [0.25, 0.3) is 0 Å². The largest absolute Gasteiger partial charge is 0.370 e. The molecule has 0 rings (SSSR count). The van der Waals surface area contributed by atoms with Crippen molar-refractivity contribution in [2.24, 2.45) is 10.7 Å². The van der Waals surface area contributed by atoms with Crippen LogP contribution in [0.2, 0.25) is 0 Å². The number of rotatable bonds is 5. The first kappa shape index (κ1) is 13.0. The highest BCUT2D eigenvalue weighted by Crippen LogP contribution is 2.01. The molecule has 0 spiro atoms. The third-order valence-corrected chi connectivity index (χ3v) is 1.94. The Morgan fingerprint density at radius 1 is 1.57 bits per heavy atom. The number of guanidine groups is 1. The van der Waals surface area contributed by atoms with Crippen molar-refractivity contribution < 1.29 is 9.59 Å². The third kappa shape index (κ3) is 5.58. The minimum atomic E-state index is -0.443. The summed E-state index contributed by atoms with van der Waals surface area (Å²) in [5.74, 6) is -0.570. The minimum Gasteiger partial charge on any atom is -0.370 e. The number of hydrogen-bond donors (Lipinski definition) is 3. The van der Waals surface area contributed by atoms with Crippen molar-refractivity contribution in [2.45, 2.75) is 18.6 Å². The lowest BCUT2D eigenvalue weighted by Crippen LogP contribution is -2.36. The SMILES string of the molecule is CN=C(N)NCC(S)CC(=O)C(C)=O. The Balaban J connectivity index is 3.82. The van der Waals surface area contributed by atoms with E-state index in [1.54, 1.807) is 7.05 Å². The number of nitrogens with two attached hydrogens (primary N) is 1. The van der Waals surface area contributed by atoms with Crippen LogP contribution in [0, 0.1) is 0 Å². The molecule has 0 aliphatic rings. The number of hydrogen-bond acceptors (Lipinski definition) is 4. The molecule has 80 valence electrons. The molecule has 1 atom stereocenters. The smallest absolute Gasteiger partial charge is 0.199 e. The fourth-order valence-corrected chi connectivity index (χ4v) is 0.988. The molecular weight excluding hydrogens is 202 g/mol. The van der Waals surface area contributed by atoms with E-state index in [1.807, 2.05) is 0 Å². The molecule has 6 heteroatoms. The molecule has 0 aromatic rings. The van der Waals surface area contributed by atoms with Gasteiger partial charge in [-0.2, -0.15) is 12.6 Å². The van der Waals surface area contributed by atoms with E-state index in [0.29, 0.717) is 12.5 Å². The second kappa shape index (κ2) is 6.42. The number of ketones is 2. The van der Waals surface area contributed by atoms with Crippen LogP contribution in [0.4, 0.5) is 0 Å². The summed E-state index contributed by atoms with van der Waals surface area (Å²) in [7, 11) is 1.55. The van der Waals surface area contributed by atoms with Gasteiger partial charge in [0.05, 0.1) is 0 Å². The molecule has 0 aliphatic carbocycles. The zero-order chi connectivity index (χ0) is 11.1. The zero-order valence-corrected chi connectivity index (χ0v) is 9.17. The van der Waals surface area contributed by atoms with E-state index in [0.717, 1.165) is 0 Å². The molecule has 0 fully saturated rings. The normalized spacial score (nSPS) is 13.5. The molecular formula is C8H15N3O2S. The number of Topliss-reactive ketones (excluding diaryl/α,β-unsaturated/α-hetero) is 2. The maximum Gasteiger partial charge on any atom is 0.199 e. The van der Waals surface area contributed by atoms with Crippen molar-refractivity contribution in [2.75, 3.05) is 13.6 Å². The van der Waals surface area contributed by atoms with E-state index < -0.39 is 11.6 Å². The van der Waals surface area contributed by atoms with Crippen molar-refractivity contribution in [3.63, 3.8) is 0 Å². The van der Waals surface area contributed by atoms with Crippen molar-refractivity contribution in [1.29, 1.82) is 0 Å². The van der Waals surface area contributed by atoms with Gasteiger partial charge in [0, 0.05) is 32.2 Å². The Labute approximate surface area is 88.6 Å². The summed E-state index contributed by atoms with van der Waals surface area (Å²) in [6, 6.07) is 0. The first-order chi connectivity index (χ1) is 6.47. The number of nitrogens with zero attached hydrogens (tertiary/aromatic N) is 1. The van der Waals surface area contributed by atoms with Gasteiger partial charge in [0.2, 0.25) is 0 Å². The molecule has 0 amide bonds. The van der Waals surface area contributed by atoms with Crippen LogP contribution in [-0.2, 0) is 9.59 Å². The Morgan fingerprint density at radius 3 is 2.57 bits per heavy atom. The average molecular weight is 217 g/mol. The van der Waals surface area contributed by atoms with Crippen LogP contribution >= 0.6 is 12.6 Å². The van der Waals surface area contributed by atoms with Gasteiger partial charge in [-0.15, -0.1) is 0 Å². The maximum atomic E-state index is 11.0. The van der Waals surface area contributed by atoms with Crippen LogP contribution in [-0.4, -0.2) is 36.4 Å². The van der Waals surface area contributed by atoms with Crippen molar-refractivity contribution >= 4 is 30.2 Å². The lowest BCUT2D eigenvalue weighted by atomic mass is 10.1.